The summed E-state index contributed by atoms with van der Waals surface area (Å²) < 4.78 is 0. The van der Waals surface area contributed by atoms with Gasteiger partial charge in [0.2, 0.25) is 5.91 Å². The Morgan fingerprint density at radius 2 is 1.81 bits per heavy atom. The number of fused-ring (bicyclic) bond motifs is 1. The number of carbonyl (C=O) groups is 1. The number of amides is 1. The lowest BCUT2D eigenvalue weighted by Gasteiger charge is -2.22. The van der Waals surface area contributed by atoms with E-state index < -0.39 is 6.10 Å². The highest BCUT2D eigenvalue weighted by molar-refractivity contribution is 5.79. The Hall–Kier alpha value is -1.94. The molecule has 26 heavy (non-hydrogen) atoms. The minimum absolute atomic E-state index is 0.0818. The van der Waals surface area contributed by atoms with Crippen molar-refractivity contribution in [1.82, 2.24) is 9.88 Å². The van der Waals surface area contributed by atoms with Crippen LogP contribution in [-0.4, -0.2) is 40.1 Å². The van der Waals surface area contributed by atoms with Gasteiger partial charge in [0.05, 0.1) is 11.6 Å². The van der Waals surface area contributed by atoms with Crippen LogP contribution < -0.4 is 0 Å². The number of aliphatic hydroxyl groups excluding tert-OH is 1. The Morgan fingerprint density at radius 1 is 1.04 bits per heavy atom. The molecule has 1 aliphatic carbocycles. The molecule has 0 radical (unpaired) electrons. The van der Waals surface area contributed by atoms with Crippen LogP contribution in [0.15, 0.2) is 36.4 Å². The molecule has 1 saturated carbocycles. The summed E-state index contributed by atoms with van der Waals surface area (Å²) in [6.07, 6.45) is 7.14. The summed E-state index contributed by atoms with van der Waals surface area (Å²) >= 11 is 0. The van der Waals surface area contributed by atoms with Gasteiger partial charge >= 0.3 is 0 Å². The van der Waals surface area contributed by atoms with Crippen molar-refractivity contribution in [2.75, 3.05) is 13.1 Å². The van der Waals surface area contributed by atoms with Crippen LogP contribution in [-0.2, 0) is 11.2 Å². The van der Waals surface area contributed by atoms with Gasteiger partial charge in [-0.25, -0.2) is 0 Å². The molecule has 2 heterocycles. The van der Waals surface area contributed by atoms with Crippen LogP contribution >= 0.6 is 0 Å². The van der Waals surface area contributed by atoms with Crippen LogP contribution in [0.4, 0.5) is 0 Å². The van der Waals surface area contributed by atoms with Gasteiger partial charge in [0, 0.05) is 36.0 Å². The third-order valence-corrected chi connectivity index (χ3v) is 6.05. The van der Waals surface area contributed by atoms with Gasteiger partial charge in [-0.05, 0) is 31.4 Å². The van der Waals surface area contributed by atoms with Crippen molar-refractivity contribution in [1.29, 1.82) is 0 Å². The van der Waals surface area contributed by atoms with E-state index >= 15 is 0 Å². The fourth-order valence-corrected chi connectivity index (χ4v) is 4.51. The van der Waals surface area contributed by atoms with E-state index in [1.165, 1.54) is 12.8 Å². The molecule has 4 heteroatoms. The van der Waals surface area contributed by atoms with E-state index in [1.807, 2.05) is 29.2 Å². The summed E-state index contributed by atoms with van der Waals surface area (Å²) in [4.78, 5) is 19.5. The second-order valence-electron chi connectivity index (χ2n) is 7.96. The van der Waals surface area contributed by atoms with Gasteiger partial charge in [-0.3, -0.25) is 9.78 Å². The Labute approximate surface area is 155 Å². The van der Waals surface area contributed by atoms with Crippen molar-refractivity contribution in [2.24, 2.45) is 11.8 Å². The van der Waals surface area contributed by atoms with Crippen molar-refractivity contribution in [2.45, 2.75) is 51.0 Å². The van der Waals surface area contributed by atoms with Crippen LogP contribution in [0.3, 0.4) is 0 Å². The number of benzene rings is 1. The molecule has 0 unspecified atom stereocenters. The summed E-state index contributed by atoms with van der Waals surface area (Å²) in [5.74, 6) is 0.514. The smallest absolute Gasteiger partial charge is 0.225 e. The zero-order chi connectivity index (χ0) is 17.9. The number of likely N-dealkylation sites (tertiary alicyclic amines) is 1. The van der Waals surface area contributed by atoms with Crippen molar-refractivity contribution < 1.29 is 9.90 Å². The maximum Gasteiger partial charge on any atom is 0.225 e. The lowest BCUT2D eigenvalue weighted by Crippen LogP contribution is -2.35. The van der Waals surface area contributed by atoms with Crippen molar-refractivity contribution in [3.05, 3.63) is 42.1 Å². The van der Waals surface area contributed by atoms with Crippen LogP contribution in [0.1, 0.15) is 44.2 Å². The quantitative estimate of drug-likeness (QED) is 0.859. The zero-order valence-corrected chi connectivity index (χ0v) is 15.3. The van der Waals surface area contributed by atoms with E-state index in [9.17, 15) is 9.90 Å². The minimum Gasteiger partial charge on any atom is -0.391 e. The Kier molecular flexibility index (Phi) is 5.21. The number of hydrogen-bond acceptors (Lipinski definition) is 3. The van der Waals surface area contributed by atoms with Gasteiger partial charge < -0.3 is 10.0 Å². The molecular weight excluding hydrogens is 324 g/mol. The van der Waals surface area contributed by atoms with Crippen molar-refractivity contribution in [3.63, 3.8) is 0 Å². The molecule has 1 aromatic carbocycles. The average Bonchev–Trinajstić information content (AvgIpc) is 2.87. The molecule has 1 saturated heterocycles. The van der Waals surface area contributed by atoms with Crippen LogP contribution in [0, 0.1) is 11.8 Å². The number of carbonyl (C=O) groups excluding carboxylic acids is 1. The Bertz CT molecular complexity index is 768. The first-order valence-corrected chi connectivity index (χ1v) is 10.0. The van der Waals surface area contributed by atoms with Gasteiger partial charge in [0.15, 0.2) is 0 Å². The molecule has 2 aliphatic rings. The SMILES string of the molecule is O=C(C1CCCCCC1)N1C[C@@H](Cc2ccc3ccccc3n2)[C@H](O)C1. The van der Waals surface area contributed by atoms with E-state index in [2.05, 4.69) is 12.1 Å². The van der Waals surface area contributed by atoms with Crippen LogP contribution in [0.25, 0.3) is 10.9 Å². The third kappa shape index (κ3) is 3.75. The van der Waals surface area contributed by atoms with Crippen LogP contribution in [0.5, 0.6) is 0 Å². The fraction of sp³-hybridized carbons (Fsp3) is 0.545. The summed E-state index contributed by atoms with van der Waals surface area (Å²) in [6, 6.07) is 12.2. The lowest BCUT2D eigenvalue weighted by molar-refractivity contribution is -0.135. The average molecular weight is 352 g/mol. The predicted octanol–water partition coefficient (Wildman–Crippen LogP) is 3.57. The first-order chi connectivity index (χ1) is 12.7. The molecule has 2 aromatic rings. The fourth-order valence-electron chi connectivity index (χ4n) is 4.51. The summed E-state index contributed by atoms with van der Waals surface area (Å²) in [5, 5.41) is 11.6. The van der Waals surface area contributed by atoms with Gasteiger partial charge in [0.25, 0.3) is 0 Å². The van der Waals surface area contributed by atoms with E-state index in [-0.39, 0.29) is 17.7 Å². The summed E-state index contributed by atoms with van der Waals surface area (Å²) in [5.41, 5.74) is 1.99. The zero-order valence-electron chi connectivity index (χ0n) is 15.3. The third-order valence-electron chi connectivity index (χ3n) is 6.05. The number of hydrogen-bond donors (Lipinski definition) is 1. The number of aliphatic hydroxyl groups is 1. The van der Waals surface area contributed by atoms with Gasteiger partial charge in [0.1, 0.15) is 0 Å². The number of β-amino-alcohol motifs (C(OH)–C–C–N with tert-alkyl or cyclic N) is 1. The highest BCUT2D eigenvalue weighted by Gasteiger charge is 2.36. The molecule has 2 atom stereocenters. The summed E-state index contributed by atoms with van der Waals surface area (Å²) in [6.45, 7) is 1.14. The molecule has 1 amide bonds. The molecule has 2 fully saturated rings. The predicted molar refractivity (Wildman–Crippen MR) is 103 cm³/mol. The number of nitrogens with zero attached hydrogens (tertiary/aromatic N) is 2. The molecule has 1 N–H and O–H groups in total. The van der Waals surface area contributed by atoms with Gasteiger partial charge in [-0.1, -0.05) is 49.9 Å². The minimum atomic E-state index is -0.446. The van der Waals surface area contributed by atoms with Gasteiger partial charge in [-0.2, -0.15) is 0 Å². The van der Waals surface area contributed by atoms with Crippen LogP contribution in [0.2, 0.25) is 0 Å². The topological polar surface area (TPSA) is 53.4 Å². The van der Waals surface area contributed by atoms with E-state index in [1.54, 1.807) is 0 Å². The second kappa shape index (κ2) is 7.75. The second-order valence-corrected chi connectivity index (χ2v) is 7.96. The molecule has 4 rings (SSSR count). The number of pyridine rings is 1. The molecule has 138 valence electrons. The highest BCUT2D eigenvalue weighted by Crippen LogP contribution is 2.28. The number of rotatable bonds is 3. The molecule has 0 spiro atoms. The molecule has 1 aliphatic heterocycles. The number of para-hydroxylation sites is 1. The molecular formula is C22H28N2O2. The Morgan fingerprint density at radius 3 is 2.62 bits per heavy atom. The lowest BCUT2D eigenvalue weighted by atomic mass is 9.98. The first-order valence-electron chi connectivity index (χ1n) is 10.0. The van der Waals surface area contributed by atoms with E-state index in [0.29, 0.717) is 13.1 Å². The standard InChI is InChI=1S/C22H28N2O2/c25-21-15-24(22(26)17-8-3-1-2-4-9-17)14-18(21)13-19-12-11-16-7-5-6-10-20(16)23-19/h5-7,10-12,17-18,21,25H,1-4,8-9,13-15H2/t18-,21-/m1/s1. The molecule has 4 nitrogen and oxygen atoms in total. The monoisotopic (exact) mass is 352 g/mol. The van der Waals surface area contributed by atoms with Gasteiger partial charge in [-0.15, -0.1) is 0 Å². The molecule has 0 bridgehead atoms. The largest absolute Gasteiger partial charge is 0.391 e. The highest BCUT2D eigenvalue weighted by atomic mass is 16.3. The van der Waals surface area contributed by atoms with E-state index in [0.717, 1.165) is 48.7 Å². The Balaban J connectivity index is 1.42. The maximum absolute atomic E-state index is 12.9. The maximum atomic E-state index is 12.9. The summed E-state index contributed by atoms with van der Waals surface area (Å²) in [7, 11) is 0. The molecule has 1 aromatic heterocycles. The van der Waals surface area contributed by atoms with Crippen molar-refractivity contribution in [3.8, 4) is 0 Å². The number of aromatic nitrogens is 1. The van der Waals surface area contributed by atoms with E-state index in [4.69, 9.17) is 4.98 Å². The van der Waals surface area contributed by atoms with Crippen molar-refractivity contribution >= 4 is 16.8 Å². The first kappa shape index (κ1) is 17.5. The normalized spacial score (nSPS) is 24.7.